The number of hydrogen-bond donors (Lipinski definition) is 0. The van der Waals surface area contributed by atoms with Crippen molar-refractivity contribution in [2.24, 2.45) is 0 Å². The fourth-order valence-electron chi connectivity index (χ4n) is 2.03. The van der Waals surface area contributed by atoms with Gasteiger partial charge in [-0.05, 0) is 19.1 Å². The van der Waals surface area contributed by atoms with Crippen molar-refractivity contribution in [1.29, 1.82) is 0 Å². The first-order valence-electron chi connectivity index (χ1n) is 6.65. The second kappa shape index (κ2) is 6.12. The summed E-state index contributed by atoms with van der Waals surface area (Å²) in [7, 11) is -3.80. The van der Waals surface area contributed by atoms with E-state index in [0.29, 0.717) is 11.3 Å². The van der Waals surface area contributed by atoms with Gasteiger partial charge >= 0.3 is 12.1 Å². The Morgan fingerprint density at radius 2 is 1.91 bits per heavy atom. The zero-order valence-electron chi connectivity index (χ0n) is 12.2. The first-order chi connectivity index (χ1) is 10.6. The number of benzene rings is 1. The minimum Gasteiger partial charge on any atom is -0.462 e. The average molecular weight is 366 g/mol. The number of esters is 1. The van der Waals surface area contributed by atoms with E-state index < -0.39 is 27.5 Å². The second-order valence-electron chi connectivity index (χ2n) is 4.59. The Morgan fingerprint density at radius 3 is 2.43 bits per heavy atom. The monoisotopic (exact) mass is 366 g/mol. The maximum Gasteiger partial charge on any atom is 0.416 e. The Bertz CT molecular complexity index is 851. The molecule has 0 amide bonds. The van der Waals surface area contributed by atoms with E-state index >= 15 is 0 Å². The van der Waals surface area contributed by atoms with E-state index in [1.54, 1.807) is 6.92 Å². The van der Waals surface area contributed by atoms with Gasteiger partial charge in [-0.2, -0.15) is 13.2 Å². The first kappa shape index (κ1) is 17.7. The molecule has 0 saturated heterocycles. The van der Waals surface area contributed by atoms with Crippen LogP contribution < -0.4 is 0 Å². The number of sulfone groups is 1. The van der Waals surface area contributed by atoms with Crippen molar-refractivity contribution in [1.82, 2.24) is 0 Å². The van der Waals surface area contributed by atoms with Crippen molar-refractivity contribution in [3.05, 3.63) is 28.6 Å². The van der Waals surface area contributed by atoms with E-state index in [0.717, 1.165) is 18.2 Å². The predicted molar refractivity (Wildman–Crippen MR) is 80.5 cm³/mol. The molecule has 0 N–H and O–H groups in total. The molecule has 2 aromatic rings. The molecule has 0 aliphatic rings. The fourth-order valence-corrected chi connectivity index (χ4v) is 4.80. The highest BCUT2D eigenvalue weighted by Gasteiger charge is 2.33. The molecule has 0 aliphatic heterocycles. The van der Waals surface area contributed by atoms with Crippen molar-refractivity contribution >= 4 is 37.2 Å². The zero-order chi connectivity index (χ0) is 17.4. The SMILES string of the molecule is CCOC(=O)c1sc2cc(C(F)(F)F)ccc2c1S(=O)(=O)CC. The second-order valence-corrected chi connectivity index (χ2v) is 7.86. The number of fused-ring (bicyclic) bond motifs is 1. The quantitative estimate of drug-likeness (QED) is 0.770. The van der Waals surface area contributed by atoms with Gasteiger partial charge in [0.25, 0.3) is 0 Å². The smallest absolute Gasteiger partial charge is 0.416 e. The largest absolute Gasteiger partial charge is 0.462 e. The van der Waals surface area contributed by atoms with Crippen LogP contribution in [-0.4, -0.2) is 26.7 Å². The van der Waals surface area contributed by atoms with Gasteiger partial charge in [-0.15, -0.1) is 11.3 Å². The molecular formula is C14H13F3O4S2. The number of rotatable bonds is 4. The summed E-state index contributed by atoms with van der Waals surface area (Å²) in [5, 5.41) is 0.105. The minimum absolute atomic E-state index is 0.0342. The Morgan fingerprint density at radius 1 is 1.26 bits per heavy atom. The molecule has 2 rings (SSSR count). The lowest BCUT2D eigenvalue weighted by Gasteiger charge is -2.07. The molecule has 0 unspecified atom stereocenters. The van der Waals surface area contributed by atoms with Gasteiger partial charge in [0.2, 0.25) is 0 Å². The third kappa shape index (κ3) is 3.35. The van der Waals surface area contributed by atoms with Crippen LogP contribution in [-0.2, 0) is 20.8 Å². The van der Waals surface area contributed by atoms with Gasteiger partial charge < -0.3 is 4.74 Å². The van der Waals surface area contributed by atoms with Crippen LogP contribution in [0.25, 0.3) is 10.1 Å². The molecule has 0 saturated carbocycles. The van der Waals surface area contributed by atoms with Crippen molar-refractivity contribution < 1.29 is 31.1 Å². The molecule has 1 aromatic heterocycles. The van der Waals surface area contributed by atoms with Crippen molar-refractivity contribution in [3.8, 4) is 0 Å². The number of carbonyl (C=O) groups is 1. The van der Waals surface area contributed by atoms with Gasteiger partial charge in [0, 0.05) is 10.1 Å². The number of alkyl halides is 3. The number of thiophene rings is 1. The molecule has 4 nitrogen and oxygen atoms in total. The molecule has 9 heteroatoms. The molecule has 0 atom stereocenters. The van der Waals surface area contributed by atoms with Gasteiger partial charge in [-0.1, -0.05) is 13.0 Å². The van der Waals surface area contributed by atoms with E-state index in [1.807, 2.05) is 0 Å². The molecule has 1 heterocycles. The third-order valence-electron chi connectivity index (χ3n) is 3.12. The highest BCUT2D eigenvalue weighted by atomic mass is 32.2. The molecule has 0 radical (unpaired) electrons. The lowest BCUT2D eigenvalue weighted by Crippen LogP contribution is -2.11. The highest BCUT2D eigenvalue weighted by molar-refractivity contribution is 7.91. The number of hydrogen-bond acceptors (Lipinski definition) is 5. The summed E-state index contributed by atoms with van der Waals surface area (Å²) in [5.41, 5.74) is -0.901. The lowest BCUT2D eigenvalue weighted by molar-refractivity contribution is -0.137. The Hall–Kier alpha value is -1.61. The van der Waals surface area contributed by atoms with Gasteiger partial charge in [0.15, 0.2) is 9.84 Å². The van der Waals surface area contributed by atoms with E-state index in [4.69, 9.17) is 4.74 Å². The van der Waals surface area contributed by atoms with E-state index in [1.165, 1.54) is 6.92 Å². The molecule has 0 bridgehead atoms. The Balaban J connectivity index is 2.79. The summed E-state index contributed by atoms with van der Waals surface area (Å²) in [5.74, 6) is -1.12. The Labute approximate surface area is 134 Å². The van der Waals surface area contributed by atoms with Crippen LogP contribution in [0, 0.1) is 0 Å². The number of halogens is 3. The summed E-state index contributed by atoms with van der Waals surface area (Å²) in [6, 6.07) is 2.73. The first-order valence-corrected chi connectivity index (χ1v) is 9.12. The van der Waals surface area contributed by atoms with Gasteiger partial charge in [-0.3, -0.25) is 0 Å². The Kier molecular flexibility index (Phi) is 4.72. The summed E-state index contributed by atoms with van der Waals surface area (Å²) in [4.78, 5) is 11.5. The van der Waals surface area contributed by atoms with Crippen molar-refractivity contribution in [2.45, 2.75) is 24.9 Å². The van der Waals surface area contributed by atoms with Crippen LogP contribution in [0.1, 0.15) is 29.1 Å². The van der Waals surface area contributed by atoms with Crippen LogP contribution in [0.15, 0.2) is 23.1 Å². The predicted octanol–water partition coefficient (Wildman–Crippen LogP) is 3.89. The van der Waals surface area contributed by atoms with Crippen molar-refractivity contribution in [3.63, 3.8) is 0 Å². The average Bonchev–Trinajstić information content (AvgIpc) is 2.85. The van der Waals surface area contributed by atoms with Crippen LogP contribution >= 0.6 is 11.3 Å². The maximum atomic E-state index is 12.8. The molecule has 0 fully saturated rings. The molecular weight excluding hydrogens is 353 g/mol. The lowest BCUT2D eigenvalue weighted by atomic mass is 10.1. The maximum absolute atomic E-state index is 12.8. The number of ether oxygens (including phenoxy) is 1. The molecule has 0 aliphatic carbocycles. The molecule has 126 valence electrons. The van der Waals surface area contributed by atoms with E-state index in [9.17, 15) is 26.4 Å². The van der Waals surface area contributed by atoms with E-state index in [-0.39, 0.29) is 32.2 Å². The topological polar surface area (TPSA) is 60.4 Å². The minimum atomic E-state index is -4.55. The summed E-state index contributed by atoms with van der Waals surface area (Å²) in [6.45, 7) is 2.99. The van der Waals surface area contributed by atoms with Crippen LogP contribution in [0.3, 0.4) is 0 Å². The third-order valence-corrected chi connectivity index (χ3v) is 6.19. The molecule has 23 heavy (non-hydrogen) atoms. The highest BCUT2D eigenvalue weighted by Crippen LogP contribution is 2.39. The van der Waals surface area contributed by atoms with Crippen LogP contribution in [0.4, 0.5) is 13.2 Å². The number of carbonyl (C=O) groups excluding carboxylic acids is 1. The zero-order valence-corrected chi connectivity index (χ0v) is 13.9. The summed E-state index contributed by atoms with van der Waals surface area (Å²) >= 11 is 0.691. The normalized spacial score (nSPS) is 12.6. The molecule has 1 aromatic carbocycles. The standard InChI is InChI=1S/C14H13F3O4S2/c1-3-21-13(18)11-12(23(19,20)4-2)9-6-5-8(14(15,16)17)7-10(9)22-11/h5-7H,3-4H2,1-2H3. The van der Waals surface area contributed by atoms with Crippen LogP contribution in [0.2, 0.25) is 0 Å². The summed E-state index contributed by atoms with van der Waals surface area (Å²) < 4.78 is 67.8. The summed E-state index contributed by atoms with van der Waals surface area (Å²) in [6.07, 6.45) is -4.55. The van der Waals surface area contributed by atoms with Crippen molar-refractivity contribution in [2.75, 3.05) is 12.4 Å². The molecule has 0 spiro atoms. The fraction of sp³-hybridized carbons (Fsp3) is 0.357. The van der Waals surface area contributed by atoms with E-state index in [2.05, 4.69) is 0 Å². The van der Waals surface area contributed by atoms with Gasteiger partial charge in [-0.25, -0.2) is 13.2 Å². The van der Waals surface area contributed by atoms with Gasteiger partial charge in [0.1, 0.15) is 9.77 Å². The van der Waals surface area contributed by atoms with Crippen LogP contribution in [0.5, 0.6) is 0 Å². The van der Waals surface area contributed by atoms with Gasteiger partial charge in [0.05, 0.1) is 17.9 Å².